The van der Waals surface area contributed by atoms with Crippen molar-refractivity contribution in [2.45, 2.75) is 25.5 Å². The molecule has 0 bridgehead atoms. The molecule has 1 amide bonds. The molecule has 6 nitrogen and oxygen atoms in total. The fraction of sp³-hybridized carbons (Fsp3) is 0.278. The van der Waals surface area contributed by atoms with Gasteiger partial charge in [-0.3, -0.25) is 4.79 Å². The lowest BCUT2D eigenvalue weighted by molar-refractivity contribution is -0.141. The highest BCUT2D eigenvalue weighted by atomic mass is 16.5. The highest BCUT2D eigenvalue weighted by Gasteiger charge is 2.34. The van der Waals surface area contributed by atoms with Gasteiger partial charge in [-0.2, -0.15) is 0 Å². The van der Waals surface area contributed by atoms with Crippen LogP contribution < -0.4 is 4.74 Å². The molecule has 124 valence electrons. The Hall–Kier alpha value is -2.89. The number of carboxylic acids is 1. The van der Waals surface area contributed by atoms with Gasteiger partial charge in [0.05, 0.1) is 0 Å². The first-order valence-corrected chi connectivity index (χ1v) is 7.82. The molecule has 6 heteroatoms. The van der Waals surface area contributed by atoms with Gasteiger partial charge >= 0.3 is 5.97 Å². The minimum absolute atomic E-state index is 0.299. The van der Waals surface area contributed by atoms with Crippen molar-refractivity contribution in [1.82, 2.24) is 9.88 Å². The van der Waals surface area contributed by atoms with E-state index < -0.39 is 12.0 Å². The fourth-order valence-corrected chi connectivity index (χ4v) is 2.79. The molecule has 1 aliphatic heterocycles. The van der Waals surface area contributed by atoms with Crippen LogP contribution in [-0.4, -0.2) is 39.5 Å². The Morgan fingerprint density at radius 2 is 2.04 bits per heavy atom. The summed E-state index contributed by atoms with van der Waals surface area (Å²) >= 11 is 0. The first-order chi connectivity index (χ1) is 11.6. The number of carbonyl (C=O) groups is 2. The number of rotatable bonds is 5. The lowest BCUT2D eigenvalue weighted by Gasteiger charge is -2.21. The molecule has 1 aliphatic rings. The Labute approximate surface area is 139 Å². The van der Waals surface area contributed by atoms with Crippen molar-refractivity contribution in [3.05, 3.63) is 59.8 Å². The highest BCUT2D eigenvalue weighted by Crippen LogP contribution is 2.21. The van der Waals surface area contributed by atoms with E-state index in [4.69, 9.17) is 4.74 Å². The van der Waals surface area contributed by atoms with Gasteiger partial charge in [0, 0.05) is 24.4 Å². The molecule has 0 saturated carbocycles. The van der Waals surface area contributed by atoms with Gasteiger partial charge in [-0.05, 0) is 24.5 Å². The molecule has 1 fully saturated rings. The second kappa shape index (κ2) is 7.12. The quantitative estimate of drug-likeness (QED) is 0.912. The number of amides is 1. The fourth-order valence-electron chi connectivity index (χ4n) is 2.79. The van der Waals surface area contributed by atoms with Crippen LogP contribution in [0.4, 0.5) is 0 Å². The third kappa shape index (κ3) is 3.53. The van der Waals surface area contributed by atoms with E-state index in [1.807, 2.05) is 30.3 Å². The van der Waals surface area contributed by atoms with Crippen LogP contribution in [0.1, 0.15) is 28.8 Å². The molecule has 0 aliphatic carbocycles. The number of hydrogen-bond donors (Lipinski definition) is 1. The van der Waals surface area contributed by atoms with Crippen LogP contribution in [0.3, 0.4) is 0 Å². The molecule has 1 saturated heterocycles. The third-order valence-electron chi connectivity index (χ3n) is 4.01. The number of nitrogens with zero attached hydrogens (tertiary/aromatic N) is 2. The van der Waals surface area contributed by atoms with Crippen molar-refractivity contribution < 1.29 is 19.4 Å². The largest absolute Gasteiger partial charge is 0.480 e. The SMILES string of the molecule is O=C(O)[C@@H]1CCCN1C(=O)c1ccnc(OCc2ccccc2)c1. The lowest BCUT2D eigenvalue weighted by Crippen LogP contribution is -2.40. The minimum atomic E-state index is -0.963. The number of aromatic nitrogens is 1. The molecular formula is C18H18N2O4. The molecule has 0 unspecified atom stereocenters. The smallest absolute Gasteiger partial charge is 0.326 e. The number of ether oxygens (including phenoxy) is 1. The Kier molecular flexibility index (Phi) is 4.74. The van der Waals surface area contributed by atoms with Crippen molar-refractivity contribution in [1.29, 1.82) is 0 Å². The number of aliphatic carboxylic acids is 1. The van der Waals surface area contributed by atoms with E-state index in [1.54, 1.807) is 12.1 Å². The van der Waals surface area contributed by atoms with Crippen LogP contribution in [0.2, 0.25) is 0 Å². The van der Waals surface area contributed by atoms with Gasteiger partial charge in [-0.25, -0.2) is 9.78 Å². The summed E-state index contributed by atoms with van der Waals surface area (Å²) in [5.41, 5.74) is 1.39. The average Bonchev–Trinajstić information content (AvgIpc) is 3.10. The molecule has 1 aromatic heterocycles. The molecule has 3 rings (SSSR count). The summed E-state index contributed by atoms with van der Waals surface area (Å²) in [5.74, 6) is -0.918. The van der Waals surface area contributed by atoms with Crippen molar-refractivity contribution in [2.24, 2.45) is 0 Å². The third-order valence-corrected chi connectivity index (χ3v) is 4.01. The second-order valence-electron chi connectivity index (χ2n) is 5.65. The molecule has 0 radical (unpaired) electrons. The minimum Gasteiger partial charge on any atom is -0.480 e. The van der Waals surface area contributed by atoms with Crippen LogP contribution in [0.25, 0.3) is 0 Å². The Bertz CT molecular complexity index is 733. The van der Waals surface area contributed by atoms with Crippen molar-refractivity contribution in [2.75, 3.05) is 6.54 Å². The summed E-state index contributed by atoms with van der Waals surface area (Å²) in [4.78, 5) is 29.3. The number of carbonyl (C=O) groups excluding carboxylic acids is 1. The molecular weight excluding hydrogens is 308 g/mol. The number of carboxylic acid groups (broad SMARTS) is 1. The summed E-state index contributed by atoms with van der Waals surface area (Å²) in [7, 11) is 0. The number of likely N-dealkylation sites (tertiary alicyclic amines) is 1. The zero-order valence-electron chi connectivity index (χ0n) is 13.1. The number of pyridine rings is 1. The van der Waals surface area contributed by atoms with Gasteiger partial charge in [0.2, 0.25) is 5.88 Å². The van der Waals surface area contributed by atoms with Gasteiger partial charge in [-0.1, -0.05) is 30.3 Å². The molecule has 24 heavy (non-hydrogen) atoms. The Morgan fingerprint density at radius 3 is 2.79 bits per heavy atom. The molecule has 1 N–H and O–H groups in total. The van der Waals surface area contributed by atoms with E-state index >= 15 is 0 Å². The van der Waals surface area contributed by atoms with Crippen LogP contribution in [0, 0.1) is 0 Å². The van der Waals surface area contributed by atoms with Crippen LogP contribution >= 0.6 is 0 Å². The van der Waals surface area contributed by atoms with Crippen LogP contribution in [-0.2, 0) is 11.4 Å². The van der Waals surface area contributed by atoms with E-state index in [0.717, 1.165) is 5.56 Å². The molecule has 0 spiro atoms. The maximum atomic E-state index is 12.6. The highest BCUT2D eigenvalue weighted by molar-refractivity contribution is 5.97. The summed E-state index contributed by atoms with van der Waals surface area (Å²) in [6.45, 7) is 0.811. The molecule has 2 heterocycles. The predicted molar refractivity (Wildman–Crippen MR) is 86.7 cm³/mol. The van der Waals surface area contributed by atoms with E-state index in [0.29, 0.717) is 37.4 Å². The van der Waals surface area contributed by atoms with Crippen LogP contribution in [0.15, 0.2) is 48.7 Å². The van der Waals surface area contributed by atoms with Crippen LogP contribution in [0.5, 0.6) is 5.88 Å². The number of hydrogen-bond acceptors (Lipinski definition) is 4. The maximum Gasteiger partial charge on any atom is 0.326 e. The summed E-state index contributed by atoms with van der Waals surface area (Å²) in [6, 6.07) is 12.0. The van der Waals surface area contributed by atoms with E-state index in [-0.39, 0.29) is 5.91 Å². The van der Waals surface area contributed by atoms with Gasteiger partial charge in [-0.15, -0.1) is 0 Å². The number of benzene rings is 1. The monoisotopic (exact) mass is 326 g/mol. The maximum absolute atomic E-state index is 12.6. The van der Waals surface area contributed by atoms with E-state index in [1.165, 1.54) is 11.1 Å². The standard InChI is InChI=1S/C18H18N2O4/c21-17(20-10-4-7-15(20)18(22)23)14-8-9-19-16(11-14)24-12-13-5-2-1-3-6-13/h1-3,5-6,8-9,11,15H,4,7,10,12H2,(H,22,23)/t15-/m0/s1. The Morgan fingerprint density at radius 1 is 1.25 bits per heavy atom. The van der Waals surface area contributed by atoms with Gasteiger partial charge in [0.15, 0.2) is 0 Å². The van der Waals surface area contributed by atoms with Crippen molar-refractivity contribution in [3.63, 3.8) is 0 Å². The first-order valence-electron chi connectivity index (χ1n) is 7.82. The average molecular weight is 326 g/mol. The predicted octanol–water partition coefficient (Wildman–Crippen LogP) is 2.35. The zero-order valence-corrected chi connectivity index (χ0v) is 13.1. The summed E-state index contributed by atoms with van der Waals surface area (Å²) in [6.07, 6.45) is 2.69. The lowest BCUT2D eigenvalue weighted by atomic mass is 10.2. The summed E-state index contributed by atoms with van der Waals surface area (Å²) < 4.78 is 5.62. The van der Waals surface area contributed by atoms with Gasteiger partial charge in [0.1, 0.15) is 12.6 Å². The van der Waals surface area contributed by atoms with Gasteiger partial charge in [0.25, 0.3) is 5.91 Å². The summed E-state index contributed by atoms with van der Waals surface area (Å²) in [5, 5.41) is 9.21. The molecule has 1 aromatic carbocycles. The van der Waals surface area contributed by atoms with Crippen molar-refractivity contribution in [3.8, 4) is 5.88 Å². The topological polar surface area (TPSA) is 79.7 Å². The first kappa shape index (κ1) is 16.0. The Balaban J connectivity index is 1.70. The van der Waals surface area contributed by atoms with E-state index in [9.17, 15) is 14.7 Å². The normalized spacial score (nSPS) is 16.8. The van der Waals surface area contributed by atoms with E-state index in [2.05, 4.69) is 4.98 Å². The molecule has 1 atom stereocenters. The van der Waals surface area contributed by atoms with Crippen molar-refractivity contribution >= 4 is 11.9 Å². The molecule has 2 aromatic rings. The van der Waals surface area contributed by atoms with Gasteiger partial charge < -0.3 is 14.7 Å². The zero-order chi connectivity index (χ0) is 16.9. The second-order valence-corrected chi connectivity index (χ2v) is 5.65.